The third kappa shape index (κ3) is 3.73. The normalized spacial score (nSPS) is 12.0. The molecule has 0 bridgehead atoms. The van der Waals surface area contributed by atoms with Crippen molar-refractivity contribution >= 4 is 11.3 Å². The Morgan fingerprint density at radius 2 is 2.15 bits per heavy atom. The van der Waals surface area contributed by atoms with Crippen molar-refractivity contribution < 1.29 is 18.3 Å². The number of alkyl halides is 3. The first-order valence-corrected chi connectivity index (χ1v) is 4.50. The van der Waals surface area contributed by atoms with Gasteiger partial charge in [-0.15, -0.1) is 11.3 Å². The Morgan fingerprint density at radius 3 is 2.62 bits per heavy atom. The van der Waals surface area contributed by atoms with Crippen molar-refractivity contribution in [3.05, 3.63) is 16.1 Å². The van der Waals surface area contributed by atoms with Crippen LogP contribution >= 0.6 is 11.3 Å². The van der Waals surface area contributed by atoms with Crippen LogP contribution in [0.4, 0.5) is 13.2 Å². The van der Waals surface area contributed by atoms with Gasteiger partial charge in [0.25, 0.3) is 0 Å². The minimum absolute atomic E-state index is 0.103. The van der Waals surface area contributed by atoms with Gasteiger partial charge in [-0.3, -0.25) is 0 Å². The maximum absolute atomic E-state index is 11.8. The van der Waals surface area contributed by atoms with Crippen LogP contribution in [0.25, 0.3) is 0 Å². The van der Waals surface area contributed by atoms with E-state index in [1.165, 1.54) is 0 Å². The number of hydrogen-bond acceptors (Lipinski definition) is 3. The number of hydrogen-bond donors (Lipinski definition) is 1. The molecule has 13 heavy (non-hydrogen) atoms. The van der Waals surface area contributed by atoms with Crippen molar-refractivity contribution in [1.82, 2.24) is 4.98 Å². The highest BCUT2D eigenvalue weighted by molar-refractivity contribution is 7.09. The molecule has 0 unspecified atom stereocenters. The molecule has 0 aromatic carbocycles. The first kappa shape index (κ1) is 10.5. The zero-order chi connectivity index (χ0) is 9.90. The molecule has 0 spiro atoms. The van der Waals surface area contributed by atoms with E-state index in [0.29, 0.717) is 10.7 Å². The lowest BCUT2D eigenvalue weighted by Crippen LogP contribution is -2.08. The second kappa shape index (κ2) is 4.06. The largest absolute Gasteiger partial charge is 0.390 e. The molecule has 0 amide bonds. The minimum atomic E-state index is -4.13. The monoisotopic (exact) mass is 211 g/mol. The van der Waals surface area contributed by atoms with Crippen LogP contribution < -0.4 is 0 Å². The summed E-state index contributed by atoms with van der Waals surface area (Å²) >= 11 is 1.14. The SMILES string of the molecule is OCc1csc(CCC(F)(F)F)n1. The van der Waals surface area contributed by atoms with Crippen LogP contribution in [-0.2, 0) is 13.0 Å². The van der Waals surface area contributed by atoms with Gasteiger partial charge < -0.3 is 5.11 Å². The van der Waals surface area contributed by atoms with Gasteiger partial charge in [-0.05, 0) is 0 Å². The highest BCUT2D eigenvalue weighted by Gasteiger charge is 2.26. The van der Waals surface area contributed by atoms with E-state index in [0.717, 1.165) is 11.3 Å². The first-order chi connectivity index (χ1) is 6.01. The highest BCUT2D eigenvalue weighted by Crippen LogP contribution is 2.23. The molecule has 0 fully saturated rings. The number of halogens is 3. The summed E-state index contributed by atoms with van der Waals surface area (Å²) in [5.74, 6) is 0. The van der Waals surface area contributed by atoms with E-state index in [9.17, 15) is 13.2 Å². The average molecular weight is 211 g/mol. The Hall–Kier alpha value is -0.620. The molecule has 74 valence electrons. The quantitative estimate of drug-likeness (QED) is 0.830. The second-order valence-electron chi connectivity index (χ2n) is 2.51. The molecule has 1 rings (SSSR count). The maximum atomic E-state index is 11.8. The molecule has 2 nitrogen and oxygen atoms in total. The van der Waals surface area contributed by atoms with Gasteiger partial charge in [0.05, 0.1) is 17.3 Å². The molecule has 0 saturated carbocycles. The van der Waals surface area contributed by atoms with Crippen molar-refractivity contribution in [2.45, 2.75) is 25.6 Å². The van der Waals surface area contributed by atoms with E-state index < -0.39 is 12.6 Å². The average Bonchev–Trinajstić information content (AvgIpc) is 2.47. The summed E-state index contributed by atoms with van der Waals surface area (Å²) in [6.45, 7) is -0.220. The first-order valence-electron chi connectivity index (χ1n) is 3.62. The van der Waals surface area contributed by atoms with Gasteiger partial charge in [0.2, 0.25) is 0 Å². The van der Waals surface area contributed by atoms with E-state index in [1.54, 1.807) is 5.38 Å². The summed E-state index contributed by atoms with van der Waals surface area (Å²) in [6.07, 6.45) is -5.09. The number of aliphatic hydroxyl groups is 1. The molecule has 0 aliphatic heterocycles. The van der Waals surface area contributed by atoms with Crippen LogP contribution in [0.3, 0.4) is 0 Å². The third-order valence-corrected chi connectivity index (χ3v) is 2.34. The summed E-state index contributed by atoms with van der Waals surface area (Å²) in [7, 11) is 0. The highest BCUT2D eigenvalue weighted by atomic mass is 32.1. The molecule has 1 aromatic heterocycles. The Balaban J connectivity index is 2.46. The summed E-state index contributed by atoms with van der Waals surface area (Å²) in [5.41, 5.74) is 0.433. The Kier molecular flexibility index (Phi) is 3.27. The third-order valence-electron chi connectivity index (χ3n) is 1.38. The Bertz CT molecular complexity index is 271. The molecule has 1 heterocycles. The standard InChI is InChI=1S/C7H8F3NOS/c8-7(9,10)2-1-6-11-5(3-12)4-13-6/h4,12H,1-3H2. The summed E-state index contributed by atoms with van der Waals surface area (Å²) in [6, 6.07) is 0. The number of aliphatic hydroxyl groups excluding tert-OH is 1. The smallest absolute Gasteiger partial charge is 0.389 e. The van der Waals surface area contributed by atoms with Crippen molar-refractivity contribution in [3.63, 3.8) is 0 Å². The van der Waals surface area contributed by atoms with Crippen LogP contribution in [0.2, 0.25) is 0 Å². The van der Waals surface area contributed by atoms with Crippen molar-refractivity contribution in [2.24, 2.45) is 0 Å². The van der Waals surface area contributed by atoms with Gasteiger partial charge in [0.1, 0.15) is 0 Å². The van der Waals surface area contributed by atoms with E-state index in [4.69, 9.17) is 5.11 Å². The number of nitrogens with zero attached hydrogens (tertiary/aromatic N) is 1. The van der Waals surface area contributed by atoms with Crippen molar-refractivity contribution in [1.29, 1.82) is 0 Å². The van der Waals surface area contributed by atoms with Gasteiger partial charge in [0.15, 0.2) is 0 Å². The predicted octanol–water partition coefficient (Wildman–Crippen LogP) is 2.13. The fourth-order valence-corrected chi connectivity index (χ4v) is 1.57. The van der Waals surface area contributed by atoms with Crippen molar-refractivity contribution in [3.8, 4) is 0 Å². The van der Waals surface area contributed by atoms with Gasteiger partial charge in [-0.25, -0.2) is 4.98 Å². The molecule has 1 N–H and O–H groups in total. The maximum Gasteiger partial charge on any atom is 0.389 e. The topological polar surface area (TPSA) is 33.1 Å². The molecule has 0 aliphatic rings. The van der Waals surface area contributed by atoms with E-state index in [-0.39, 0.29) is 13.0 Å². The Labute approximate surface area is 77.0 Å². The van der Waals surface area contributed by atoms with E-state index >= 15 is 0 Å². The van der Waals surface area contributed by atoms with Crippen LogP contribution in [-0.4, -0.2) is 16.3 Å². The van der Waals surface area contributed by atoms with E-state index in [1.807, 2.05) is 0 Å². The molecule has 0 radical (unpaired) electrons. The number of aryl methyl sites for hydroxylation is 1. The lowest BCUT2D eigenvalue weighted by Gasteiger charge is -2.02. The molecular weight excluding hydrogens is 203 g/mol. The van der Waals surface area contributed by atoms with Crippen LogP contribution in [0.15, 0.2) is 5.38 Å². The van der Waals surface area contributed by atoms with E-state index in [2.05, 4.69) is 4.98 Å². The minimum Gasteiger partial charge on any atom is -0.390 e. The number of aromatic nitrogens is 1. The van der Waals surface area contributed by atoms with Crippen LogP contribution in [0.1, 0.15) is 17.1 Å². The zero-order valence-corrected chi connectivity index (χ0v) is 7.45. The molecule has 0 atom stereocenters. The summed E-state index contributed by atoms with van der Waals surface area (Å²) < 4.78 is 35.3. The molecule has 0 aliphatic carbocycles. The fraction of sp³-hybridized carbons (Fsp3) is 0.571. The van der Waals surface area contributed by atoms with Gasteiger partial charge in [0, 0.05) is 18.2 Å². The Morgan fingerprint density at radius 1 is 1.46 bits per heavy atom. The van der Waals surface area contributed by atoms with Gasteiger partial charge >= 0.3 is 6.18 Å². The van der Waals surface area contributed by atoms with Crippen LogP contribution in [0, 0.1) is 0 Å². The predicted molar refractivity (Wildman–Crippen MR) is 42.4 cm³/mol. The molecule has 6 heteroatoms. The van der Waals surface area contributed by atoms with Crippen LogP contribution in [0.5, 0.6) is 0 Å². The fourth-order valence-electron chi connectivity index (χ4n) is 0.785. The summed E-state index contributed by atoms with van der Waals surface area (Å²) in [5, 5.41) is 10.6. The van der Waals surface area contributed by atoms with Gasteiger partial charge in [-0.1, -0.05) is 0 Å². The van der Waals surface area contributed by atoms with Crippen molar-refractivity contribution in [2.75, 3.05) is 0 Å². The number of rotatable bonds is 3. The number of thiazole rings is 1. The molecule has 0 saturated heterocycles. The lowest BCUT2D eigenvalue weighted by molar-refractivity contribution is -0.134. The molecule has 1 aromatic rings. The van der Waals surface area contributed by atoms with Gasteiger partial charge in [-0.2, -0.15) is 13.2 Å². The molecular formula is C7H8F3NOS. The zero-order valence-electron chi connectivity index (χ0n) is 6.64. The second-order valence-corrected chi connectivity index (χ2v) is 3.45. The lowest BCUT2D eigenvalue weighted by atomic mass is 10.3. The summed E-state index contributed by atoms with van der Waals surface area (Å²) in [4.78, 5) is 3.80.